The summed E-state index contributed by atoms with van der Waals surface area (Å²) >= 11 is 0. The maximum absolute atomic E-state index is 10.2. The van der Waals surface area contributed by atoms with Crippen LogP contribution < -0.4 is 4.74 Å². The molecule has 0 heterocycles. The summed E-state index contributed by atoms with van der Waals surface area (Å²) in [6, 6.07) is 7.75. The third kappa shape index (κ3) is 3.95. The van der Waals surface area contributed by atoms with E-state index < -0.39 is 0 Å². The molecule has 0 bridgehead atoms. The lowest BCUT2D eigenvalue weighted by molar-refractivity contribution is -0.0380. The van der Waals surface area contributed by atoms with Crippen LogP contribution in [0.4, 0.5) is 0 Å². The van der Waals surface area contributed by atoms with Crippen molar-refractivity contribution >= 4 is 0 Å². The van der Waals surface area contributed by atoms with Gasteiger partial charge in [0.25, 0.3) is 0 Å². The molecule has 2 rings (SSSR count). The Labute approximate surface area is 115 Å². The van der Waals surface area contributed by atoms with E-state index in [4.69, 9.17) is 9.47 Å². The normalized spacial score (nSPS) is 23.7. The molecule has 0 spiro atoms. The van der Waals surface area contributed by atoms with Gasteiger partial charge in [0.2, 0.25) is 0 Å². The number of benzene rings is 1. The van der Waals surface area contributed by atoms with Crippen LogP contribution in [-0.2, 0) is 4.74 Å². The van der Waals surface area contributed by atoms with Crippen LogP contribution in [0.3, 0.4) is 0 Å². The second-order valence-electron chi connectivity index (χ2n) is 5.17. The van der Waals surface area contributed by atoms with Gasteiger partial charge in [-0.05, 0) is 56.7 Å². The van der Waals surface area contributed by atoms with Crippen molar-refractivity contribution in [2.75, 3.05) is 13.2 Å². The summed E-state index contributed by atoms with van der Waals surface area (Å²) in [4.78, 5) is 0. The lowest BCUT2D eigenvalue weighted by Gasteiger charge is -2.36. The topological polar surface area (TPSA) is 38.7 Å². The molecule has 1 fully saturated rings. The minimum atomic E-state index is -0.372. The van der Waals surface area contributed by atoms with Crippen molar-refractivity contribution < 1.29 is 14.6 Å². The molecule has 1 aliphatic rings. The highest BCUT2D eigenvalue weighted by molar-refractivity contribution is 5.28. The molecule has 19 heavy (non-hydrogen) atoms. The number of aliphatic hydroxyl groups excluding tert-OH is 1. The quantitative estimate of drug-likeness (QED) is 0.821. The average Bonchev–Trinajstić information content (AvgIpc) is 2.37. The monoisotopic (exact) mass is 264 g/mol. The van der Waals surface area contributed by atoms with Crippen molar-refractivity contribution in [2.45, 2.75) is 45.3 Å². The molecule has 1 aromatic rings. The number of aliphatic hydroxyl groups is 1. The van der Waals surface area contributed by atoms with Crippen molar-refractivity contribution in [2.24, 2.45) is 5.92 Å². The predicted octanol–water partition coefficient (Wildman–Crippen LogP) is 3.32. The molecule has 0 radical (unpaired) electrons. The molecule has 106 valence electrons. The molecule has 3 nitrogen and oxygen atoms in total. The highest BCUT2D eigenvalue weighted by atomic mass is 16.5. The minimum Gasteiger partial charge on any atom is -0.494 e. The van der Waals surface area contributed by atoms with Gasteiger partial charge >= 0.3 is 0 Å². The molecule has 1 aromatic carbocycles. The lowest BCUT2D eigenvalue weighted by atomic mass is 9.78. The highest BCUT2D eigenvalue weighted by Crippen LogP contribution is 2.37. The molecule has 0 saturated heterocycles. The minimum absolute atomic E-state index is 0.372. The van der Waals surface area contributed by atoms with Crippen molar-refractivity contribution in [3.05, 3.63) is 29.8 Å². The predicted molar refractivity (Wildman–Crippen MR) is 75.3 cm³/mol. The van der Waals surface area contributed by atoms with Crippen molar-refractivity contribution in [1.29, 1.82) is 0 Å². The van der Waals surface area contributed by atoms with Gasteiger partial charge in [-0.25, -0.2) is 0 Å². The Bertz CT molecular complexity index is 368. The van der Waals surface area contributed by atoms with Crippen LogP contribution in [0.5, 0.6) is 5.75 Å². The van der Waals surface area contributed by atoms with Crippen LogP contribution >= 0.6 is 0 Å². The third-order valence-corrected chi connectivity index (χ3v) is 3.73. The van der Waals surface area contributed by atoms with Crippen LogP contribution in [0.2, 0.25) is 0 Å². The third-order valence-electron chi connectivity index (χ3n) is 3.73. The summed E-state index contributed by atoms with van der Waals surface area (Å²) in [7, 11) is 0. The molecule has 1 N–H and O–H groups in total. The maximum Gasteiger partial charge on any atom is 0.119 e. The Morgan fingerprint density at radius 2 is 1.84 bits per heavy atom. The lowest BCUT2D eigenvalue weighted by Crippen LogP contribution is -2.32. The first-order valence-corrected chi connectivity index (χ1v) is 7.25. The van der Waals surface area contributed by atoms with Gasteiger partial charge in [-0.1, -0.05) is 12.1 Å². The van der Waals surface area contributed by atoms with Gasteiger partial charge < -0.3 is 14.6 Å². The zero-order valence-corrected chi connectivity index (χ0v) is 11.8. The zero-order valence-electron chi connectivity index (χ0n) is 11.8. The molecule has 1 unspecified atom stereocenters. The fourth-order valence-corrected chi connectivity index (χ4v) is 2.64. The summed E-state index contributed by atoms with van der Waals surface area (Å²) in [6.07, 6.45) is 3.05. The molecule has 0 amide bonds. The van der Waals surface area contributed by atoms with Gasteiger partial charge in [0, 0.05) is 6.61 Å². The molecule has 3 heteroatoms. The largest absolute Gasteiger partial charge is 0.494 e. The Morgan fingerprint density at radius 1 is 1.16 bits per heavy atom. The van der Waals surface area contributed by atoms with Crippen molar-refractivity contribution in [3.63, 3.8) is 0 Å². The summed E-state index contributed by atoms with van der Waals surface area (Å²) in [5.41, 5.74) is 0.975. The van der Waals surface area contributed by atoms with E-state index in [-0.39, 0.29) is 6.10 Å². The molecule has 1 atom stereocenters. The first-order chi connectivity index (χ1) is 9.22. The van der Waals surface area contributed by atoms with E-state index in [0.717, 1.165) is 37.2 Å². The van der Waals surface area contributed by atoms with E-state index >= 15 is 0 Å². The highest BCUT2D eigenvalue weighted by Gasteiger charge is 2.31. The maximum atomic E-state index is 10.2. The van der Waals surface area contributed by atoms with Gasteiger partial charge in [0.05, 0.1) is 18.8 Å². The van der Waals surface area contributed by atoms with E-state index in [1.807, 2.05) is 38.1 Å². The van der Waals surface area contributed by atoms with E-state index in [1.54, 1.807) is 0 Å². The summed E-state index contributed by atoms with van der Waals surface area (Å²) in [5, 5.41) is 10.2. The van der Waals surface area contributed by atoms with Crippen LogP contribution in [0, 0.1) is 5.92 Å². The first kappa shape index (κ1) is 14.4. The summed E-state index contributed by atoms with van der Waals surface area (Å²) in [6.45, 7) is 5.46. The van der Waals surface area contributed by atoms with E-state index in [2.05, 4.69) is 0 Å². The average molecular weight is 264 g/mol. The van der Waals surface area contributed by atoms with Crippen molar-refractivity contribution in [3.8, 4) is 5.75 Å². The van der Waals surface area contributed by atoms with E-state index in [1.165, 1.54) is 0 Å². The summed E-state index contributed by atoms with van der Waals surface area (Å²) < 4.78 is 10.9. The number of rotatable bonds is 7. The van der Waals surface area contributed by atoms with Gasteiger partial charge in [0.1, 0.15) is 5.75 Å². The fraction of sp³-hybridized carbons (Fsp3) is 0.625. The van der Waals surface area contributed by atoms with Gasteiger partial charge in [-0.2, -0.15) is 0 Å². The second kappa shape index (κ2) is 6.92. The second-order valence-corrected chi connectivity index (χ2v) is 5.17. The Hall–Kier alpha value is -1.06. The number of hydrogen-bond donors (Lipinski definition) is 1. The smallest absolute Gasteiger partial charge is 0.119 e. The van der Waals surface area contributed by atoms with Crippen LogP contribution in [0.15, 0.2) is 24.3 Å². The molecule has 1 aliphatic carbocycles. The van der Waals surface area contributed by atoms with Crippen LogP contribution in [-0.4, -0.2) is 24.4 Å². The van der Waals surface area contributed by atoms with E-state index in [0.29, 0.717) is 18.6 Å². The fourth-order valence-electron chi connectivity index (χ4n) is 2.64. The molecule has 0 aliphatic heterocycles. The van der Waals surface area contributed by atoms with Gasteiger partial charge in [0.15, 0.2) is 0 Å². The Balaban J connectivity index is 1.78. The molecule has 0 aromatic heterocycles. The Kier molecular flexibility index (Phi) is 5.23. The standard InChI is InChI=1S/C16H24O3/c1-3-18-14-7-5-13(6-8-14)16(17)11-12-9-15(10-12)19-4-2/h5-8,12,15-17H,3-4,9-11H2,1-2H3. The van der Waals surface area contributed by atoms with Crippen molar-refractivity contribution in [1.82, 2.24) is 0 Å². The molecular weight excluding hydrogens is 240 g/mol. The first-order valence-electron chi connectivity index (χ1n) is 7.25. The van der Waals surface area contributed by atoms with Crippen LogP contribution in [0.1, 0.15) is 44.8 Å². The Morgan fingerprint density at radius 3 is 2.42 bits per heavy atom. The van der Waals surface area contributed by atoms with Gasteiger partial charge in [-0.15, -0.1) is 0 Å². The number of hydrogen-bond acceptors (Lipinski definition) is 3. The zero-order chi connectivity index (χ0) is 13.7. The molecular formula is C16H24O3. The molecule has 1 saturated carbocycles. The van der Waals surface area contributed by atoms with Crippen LogP contribution in [0.25, 0.3) is 0 Å². The SMILES string of the molecule is CCOc1ccc(C(O)CC2CC(OCC)C2)cc1. The number of ether oxygens (including phenoxy) is 2. The van der Waals surface area contributed by atoms with Gasteiger partial charge in [-0.3, -0.25) is 0 Å². The van der Waals surface area contributed by atoms with E-state index in [9.17, 15) is 5.11 Å². The summed E-state index contributed by atoms with van der Waals surface area (Å²) in [5.74, 6) is 1.46.